The largest absolute Gasteiger partial charge is 0.416 e. The molecule has 1 amide bonds. The number of carbonyl (C=O) groups excluding carboxylic acids is 1. The third kappa shape index (κ3) is 8.03. The molecule has 182 valence electrons. The van der Waals surface area contributed by atoms with Crippen LogP contribution in [0.2, 0.25) is 5.02 Å². The van der Waals surface area contributed by atoms with Crippen LogP contribution in [0.1, 0.15) is 41.6 Å². The van der Waals surface area contributed by atoms with E-state index in [2.05, 4.69) is 17.2 Å². The minimum atomic E-state index is -4.59. The monoisotopic (exact) mass is 495 g/mol. The molecule has 11 heteroatoms. The van der Waals surface area contributed by atoms with Crippen molar-refractivity contribution in [1.82, 2.24) is 10.6 Å². The van der Waals surface area contributed by atoms with E-state index in [1.54, 1.807) is 0 Å². The van der Waals surface area contributed by atoms with Crippen molar-refractivity contribution in [3.8, 4) is 0 Å². The van der Waals surface area contributed by atoms with Gasteiger partial charge in [0.25, 0.3) is 5.91 Å². The Morgan fingerprint density at radius 2 is 1.79 bits per heavy atom. The second-order valence-electron chi connectivity index (χ2n) is 7.72. The Morgan fingerprint density at radius 1 is 1.15 bits per heavy atom. The van der Waals surface area contributed by atoms with Crippen molar-refractivity contribution in [2.24, 2.45) is 11.7 Å². The molecule has 0 unspecified atom stereocenters. The van der Waals surface area contributed by atoms with Gasteiger partial charge in [0, 0.05) is 12.6 Å². The molecule has 0 aromatic heterocycles. The smallest absolute Gasteiger partial charge is 0.386 e. The summed E-state index contributed by atoms with van der Waals surface area (Å²) in [5.41, 5.74) is 3.52. The highest BCUT2D eigenvalue weighted by atomic mass is 35.5. The highest BCUT2D eigenvalue weighted by molar-refractivity contribution is 6.33. The molecule has 1 aromatic carbocycles. The summed E-state index contributed by atoms with van der Waals surface area (Å²) in [5.74, 6) is -0.705. The van der Waals surface area contributed by atoms with Gasteiger partial charge >= 0.3 is 12.4 Å². The number of allylic oxidation sites excluding steroid dienone is 4. The second-order valence-corrected chi connectivity index (χ2v) is 8.13. The Hall–Kier alpha value is -2.62. The van der Waals surface area contributed by atoms with Crippen LogP contribution in [0.5, 0.6) is 0 Å². The van der Waals surface area contributed by atoms with Gasteiger partial charge in [0.1, 0.15) is 0 Å². The summed E-state index contributed by atoms with van der Waals surface area (Å²) in [7, 11) is 0. The molecule has 0 bridgehead atoms. The van der Waals surface area contributed by atoms with Crippen LogP contribution in [0.3, 0.4) is 0 Å². The van der Waals surface area contributed by atoms with E-state index in [-0.39, 0.29) is 28.4 Å². The first-order chi connectivity index (χ1) is 15.3. The van der Waals surface area contributed by atoms with Crippen LogP contribution in [0, 0.1) is 5.92 Å². The molecule has 1 aromatic rings. The maximum Gasteiger partial charge on any atom is 0.416 e. The molecule has 4 N–H and O–H groups in total. The first-order valence-electron chi connectivity index (χ1n) is 10.1. The fraction of sp³-hybridized carbons (Fsp3) is 0.409. The molecule has 2 rings (SSSR count). The number of amides is 1. The van der Waals surface area contributed by atoms with E-state index >= 15 is 0 Å². The molecule has 0 atom stereocenters. The number of nitrogens with two attached hydrogens (primary N) is 1. The van der Waals surface area contributed by atoms with Crippen LogP contribution in [0.15, 0.2) is 54.4 Å². The van der Waals surface area contributed by atoms with E-state index < -0.39 is 29.4 Å². The maximum absolute atomic E-state index is 12.9. The SMILES string of the molecule is C=C/C=C(\C=C(/N)NCC1CCC(NC(=O)c2cc(C(F)(F)F)ccc2Cl)CC1)C(F)(F)F. The van der Waals surface area contributed by atoms with Gasteiger partial charge in [-0.15, -0.1) is 0 Å². The standard InChI is InChI=1S/C22H24ClF6N3O/c1-2-3-14(21(24,25)26)11-19(30)31-12-13-4-7-16(8-5-13)32-20(33)17-10-15(22(27,28)29)6-9-18(17)23/h2-3,6,9-11,13,16,31H,1,4-5,7-8,12,30H2,(H,32,33)/b14-3+,19-11+. The van der Waals surface area contributed by atoms with Crippen molar-refractivity contribution < 1.29 is 31.1 Å². The topological polar surface area (TPSA) is 67.2 Å². The summed E-state index contributed by atoms with van der Waals surface area (Å²) in [6.07, 6.45) is -4.10. The zero-order chi connectivity index (χ0) is 24.8. The van der Waals surface area contributed by atoms with Crippen molar-refractivity contribution in [1.29, 1.82) is 0 Å². The van der Waals surface area contributed by atoms with E-state index in [0.29, 0.717) is 32.2 Å². The van der Waals surface area contributed by atoms with Crippen molar-refractivity contribution in [2.45, 2.75) is 44.1 Å². The van der Waals surface area contributed by atoms with E-state index in [1.807, 2.05) is 0 Å². The predicted molar refractivity (Wildman–Crippen MR) is 114 cm³/mol. The summed E-state index contributed by atoms with van der Waals surface area (Å²) < 4.78 is 77.4. The van der Waals surface area contributed by atoms with Crippen LogP contribution < -0.4 is 16.4 Å². The molecule has 0 aliphatic heterocycles. The van der Waals surface area contributed by atoms with Crippen molar-refractivity contribution in [3.05, 3.63) is 70.5 Å². The molecule has 0 heterocycles. The van der Waals surface area contributed by atoms with Gasteiger partial charge in [-0.2, -0.15) is 26.3 Å². The lowest BCUT2D eigenvalue weighted by Crippen LogP contribution is -2.39. The van der Waals surface area contributed by atoms with Crippen LogP contribution >= 0.6 is 11.6 Å². The Morgan fingerprint density at radius 3 is 2.33 bits per heavy atom. The van der Waals surface area contributed by atoms with E-state index in [1.165, 1.54) is 0 Å². The van der Waals surface area contributed by atoms with Gasteiger partial charge in [0.15, 0.2) is 0 Å². The van der Waals surface area contributed by atoms with Crippen LogP contribution in [-0.4, -0.2) is 24.7 Å². The molecular formula is C22H24ClF6N3O. The lowest BCUT2D eigenvalue weighted by atomic mass is 9.86. The summed E-state index contributed by atoms with van der Waals surface area (Å²) in [5, 5.41) is 5.40. The number of nitrogens with one attached hydrogen (secondary N) is 2. The average molecular weight is 496 g/mol. The van der Waals surface area contributed by atoms with Gasteiger partial charge in [-0.05, 0) is 55.9 Å². The molecule has 0 spiro atoms. The van der Waals surface area contributed by atoms with E-state index in [9.17, 15) is 31.1 Å². The zero-order valence-corrected chi connectivity index (χ0v) is 18.2. The quantitative estimate of drug-likeness (QED) is 0.335. The van der Waals surface area contributed by atoms with Gasteiger partial charge in [-0.1, -0.05) is 30.3 Å². The first kappa shape index (κ1) is 26.6. The zero-order valence-electron chi connectivity index (χ0n) is 17.5. The Bertz CT molecular complexity index is 916. The van der Waals surface area contributed by atoms with Gasteiger partial charge in [-0.3, -0.25) is 4.79 Å². The number of rotatable bonds is 7. The van der Waals surface area contributed by atoms with Gasteiger partial charge in [0.2, 0.25) is 0 Å². The van der Waals surface area contributed by atoms with Gasteiger partial charge in [0.05, 0.1) is 27.5 Å². The summed E-state index contributed by atoms with van der Waals surface area (Å²) in [6, 6.07) is 2.31. The predicted octanol–water partition coefficient (Wildman–Crippen LogP) is 5.71. The maximum atomic E-state index is 12.9. The molecule has 1 saturated carbocycles. The summed E-state index contributed by atoms with van der Waals surface area (Å²) in [6.45, 7) is 3.60. The Labute approximate surface area is 192 Å². The molecule has 0 radical (unpaired) electrons. The van der Waals surface area contributed by atoms with Crippen molar-refractivity contribution in [2.75, 3.05) is 6.54 Å². The minimum Gasteiger partial charge on any atom is -0.386 e. The molecular weight excluding hydrogens is 472 g/mol. The minimum absolute atomic E-state index is 0.0793. The van der Waals surface area contributed by atoms with Crippen molar-refractivity contribution >= 4 is 17.5 Å². The molecule has 4 nitrogen and oxygen atoms in total. The van der Waals surface area contributed by atoms with Crippen LogP contribution in [0.25, 0.3) is 0 Å². The summed E-state index contributed by atoms with van der Waals surface area (Å²) in [4.78, 5) is 12.4. The molecule has 1 fully saturated rings. The number of hydrogen-bond donors (Lipinski definition) is 3. The Balaban J connectivity index is 1.88. The number of benzene rings is 1. The Kier molecular flexibility index (Phi) is 8.88. The highest BCUT2D eigenvalue weighted by Gasteiger charge is 2.33. The molecule has 33 heavy (non-hydrogen) atoms. The lowest BCUT2D eigenvalue weighted by Gasteiger charge is -2.29. The number of hydrogen-bond acceptors (Lipinski definition) is 3. The summed E-state index contributed by atoms with van der Waals surface area (Å²) >= 11 is 5.90. The molecule has 1 aliphatic rings. The van der Waals surface area contributed by atoms with Crippen molar-refractivity contribution in [3.63, 3.8) is 0 Å². The van der Waals surface area contributed by atoms with Gasteiger partial charge in [-0.25, -0.2) is 0 Å². The lowest BCUT2D eigenvalue weighted by molar-refractivity contribution is -0.137. The van der Waals surface area contributed by atoms with E-state index in [0.717, 1.165) is 36.4 Å². The van der Waals surface area contributed by atoms with Crippen LogP contribution in [0.4, 0.5) is 26.3 Å². The fourth-order valence-corrected chi connectivity index (χ4v) is 3.69. The third-order valence-electron chi connectivity index (χ3n) is 5.25. The normalized spacial score (nSPS) is 20.3. The number of halogens is 7. The molecule has 0 saturated heterocycles. The third-order valence-corrected chi connectivity index (χ3v) is 5.58. The van der Waals surface area contributed by atoms with E-state index in [4.69, 9.17) is 17.3 Å². The van der Waals surface area contributed by atoms with Crippen LogP contribution in [-0.2, 0) is 6.18 Å². The number of carbonyl (C=O) groups is 1. The average Bonchev–Trinajstić information content (AvgIpc) is 2.71. The van der Waals surface area contributed by atoms with Gasteiger partial charge < -0.3 is 16.4 Å². The molecule has 1 aliphatic carbocycles. The second kappa shape index (κ2) is 11.0. The highest BCUT2D eigenvalue weighted by Crippen LogP contribution is 2.32. The first-order valence-corrected chi connectivity index (χ1v) is 10.5. The number of alkyl halides is 6. The fourth-order valence-electron chi connectivity index (χ4n) is 3.48.